The Labute approximate surface area is 116 Å². The minimum Gasteiger partial charge on any atom is -0.398 e. The first-order valence-electron chi connectivity index (χ1n) is 5.81. The summed E-state index contributed by atoms with van der Waals surface area (Å²) < 4.78 is 0. The van der Waals surface area contributed by atoms with Gasteiger partial charge in [-0.25, -0.2) is 0 Å². The number of non-ortho nitro benzene ring substituents is 1. The second kappa shape index (κ2) is 7.01. The molecule has 0 aromatic heterocycles. The standard InChI is InChI=1S/C13H10N2O3.CH5N/c14-12-8-10(15(17)18)6-7-11(12)13(16)9-4-2-1-3-5-9;1-2/h1-8H,14H2;2H2,1H3. The number of nitrogen functional groups attached to an aromatic ring is 1. The van der Waals surface area contributed by atoms with Crippen molar-refractivity contribution in [2.45, 2.75) is 0 Å². The number of nitrogens with zero attached hydrogens (tertiary/aromatic N) is 1. The highest BCUT2D eigenvalue weighted by Crippen LogP contribution is 2.22. The van der Waals surface area contributed by atoms with Crippen LogP contribution in [0.3, 0.4) is 0 Å². The number of benzene rings is 2. The molecular formula is C14H15N3O3. The van der Waals surface area contributed by atoms with E-state index in [1.165, 1.54) is 25.2 Å². The molecule has 0 bridgehead atoms. The number of nitrogens with two attached hydrogens (primary N) is 2. The summed E-state index contributed by atoms with van der Waals surface area (Å²) in [6, 6.07) is 12.5. The topological polar surface area (TPSA) is 112 Å². The molecule has 0 heterocycles. The van der Waals surface area contributed by atoms with E-state index in [4.69, 9.17) is 5.73 Å². The third-order valence-electron chi connectivity index (χ3n) is 2.53. The monoisotopic (exact) mass is 273 g/mol. The fraction of sp³-hybridized carbons (Fsp3) is 0.0714. The summed E-state index contributed by atoms with van der Waals surface area (Å²) >= 11 is 0. The molecule has 2 rings (SSSR count). The van der Waals surface area contributed by atoms with Crippen molar-refractivity contribution in [1.82, 2.24) is 0 Å². The van der Waals surface area contributed by atoms with Crippen LogP contribution in [0, 0.1) is 10.1 Å². The van der Waals surface area contributed by atoms with E-state index >= 15 is 0 Å². The molecule has 104 valence electrons. The maximum absolute atomic E-state index is 12.1. The highest BCUT2D eigenvalue weighted by Gasteiger charge is 2.15. The minimum atomic E-state index is -0.548. The van der Waals surface area contributed by atoms with Gasteiger partial charge in [0.1, 0.15) is 0 Å². The van der Waals surface area contributed by atoms with Crippen molar-refractivity contribution in [2.24, 2.45) is 5.73 Å². The summed E-state index contributed by atoms with van der Waals surface area (Å²) in [5.41, 5.74) is 10.9. The number of carbonyl (C=O) groups excluding carboxylic acids is 1. The number of hydrogen-bond donors (Lipinski definition) is 2. The van der Waals surface area contributed by atoms with Crippen LogP contribution in [0.1, 0.15) is 15.9 Å². The van der Waals surface area contributed by atoms with Crippen molar-refractivity contribution < 1.29 is 9.72 Å². The molecule has 0 aliphatic rings. The first kappa shape index (κ1) is 15.3. The number of nitro groups is 1. The predicted octanol–water partition coefficient (Wildman–Crippen LogP) is 1.98. The molecule has 0 saturated carbocycles. The molecule has 0 saturated heterocycles. The summed E-state index contributed by atoms with van der Waals surface area (Å²) in [7, 11) is 1.50. The molecule has 2 aromatic rings. The Morgan fingerprint density at radius 1 is 1.10 bits per heavy atom. The summed E-state index contributed by atoms with van der Waals surface area (Å²) in [4.78, 5) is 22.1. The first-order valence-corrected chi connectivity index (χ1v) is 5.81. The van der Waals surface area contributed by atoms with Gasteiger partial charge in [-0.3, -0.25) is 14.9 Å². The van der Waals surface area contributed by atoms with Crippen molar-refractivity contribution in [2.75, 3.05) is 12.8 Å². The summed E-state index contributed by atoms with van der Waals surface area (Å²) in [5, 5.41) is 10.6. The molecular weight excluding hydrogens is 258 g/mol. The van der Waals surface area contributed by atoms with Gasteiger partial charge in [0.05, 0.1) is 4.92 Å². The van der Waals surface area contributed by atoms with E-state index in [1.54, 1.807) is 30.3 Å². The molecule has 0 aliphatic carbocycles. The van der Waals surface area contributed by atoms with Crippen molar-refractivity contribution in [1.29, 1.82) is 0 Å². The molecule has 0 radical (unpaired) electrons. The van der Waals surface area contributed by atoms with Gasteiger partial charge in [0, 0.05) is 28.9 Å². The average Bonchev–Trinajstić information content (AvgIpc) is 2.49. The summed E-state index contributed by atoms with van der Waals surface area (Å²) in [5.74, 6) is -0.247. The molecule has 0 amide bonds. The smallest absolute Gasteiger partial charge is 0.271 e. The largest absolute Gasteiger partial charge is 0.398 e. The van der Waals surface area contributed by atoms with Crippen molar-refractivity contribution in [3.63, 3.8) is 0 Å². The zero-order valence-corrected chi connectivity index (χ0v) is 10.9. The van der Waals surface area contributed by atoms with Gasteiger partial charge in [0.15, 0.2) is 5.78 Å². The van der Waals surface area contributed by atoms with Gasteiger partial charge in [0.2, 0.25) is 0 Å². The first-order chi connectivity index (χ1) is 9.59. The van der Waals surface area contributed by atoms with E-state index in [2.05, 4.69) is 5.73 Å². The van der Waals surface area contributed by atoms with E-state index in [9.17, 15) is 14.9 Å². The molecule has 0 fully saturated rings. The number of carbonyl (C=O) groups is 1. The highest BCUT2D eigenvalue weighted by molar-refractivity contribution is 6.12. The number of rotatable bonds is 3. The van der Waals surface area contributed by atoms with E-state index < -0.39 is 4.92 Å². The average molecular weight is 273 g/mol. The number of nitro benzene ring substituents is 1. The van der Waals surface area contributed by atoms with E-state index in [-0.39, 0.29) is 22.7 Å². The lowest BCUT2D eigenvalue weighted by molar-refractivity contribution is -0.384. The zero-order chi connectivity index (χ0) is 15.1. The van der Waals surface area contributed by atoms with Gasteiger partial charge in [-0.2, -0.15) is 0 Å². The molecule has 20 heavy (non-hydrogen) atoms. The number of anilines is 1. The van der Waals surface area contributed by atoms with E-state index in [0.29, 0.717) is 5.56 Å². The molecule has 6 heteroatoms. The van der Waals surface area contributed by atoms with Crippen molar-refractivity contribution >= 4 is 17.2 Å². The van der Waals surface area contributed by atoms with E-state index in [1.807, 2.05) is 0 Å². The molecule has 0 atom stereocenters. The highest BCUT2D eigenvalue weighted by atomic mass is 16.6. The maximum Gasteiger partial charge on any atom is 0.271 e. The van der Waals surface area contributed by atoms with E-state index in [0.717, 1.165) is 0 Å². The molecule has 0 aliphatic heterocycles. The van der Waals surface area contributed by atoms with Gasteiger partial charge in [-0.15, -0.1) is 0 Å². The maximum atomic E-state index is 12.1. The molecule has 4 N–H and O–H groups in total. The normalized spacial score (nSPS) is 9.30. The molecule has 2 aromatic carbocycles. The lowest BCUT2D eigenvalue weighted by Gasteiger charge is -2.04. The van der Waals surface area contributed by atoms with Gasteiger partial charge < -0.3 is 11.5 Å². The van der Waals surface area contributed by atoms with Crippen LogP contribution in [0.25, 0.3) is 0 Å². The van der Waals surface area contributed by atoms with Gasteiger partial charge in [-0.1, -0.05) is 30.3 Å². The Hall–Kier alpha value is -2.73. The van der Waals surface area contributed by atoms with Crippen LogP contribution in [0.15, 0.2) is 48.5 Å². The third kappa shape index (κ3) is 3.39. The molecule has 0 unspecified atom stereocenters. The second-order valence-electron chi connectivity index (χ2n) is 3.72. The minimum absolute atomic E-state index is 0.109. The summed E-state index contributed by atoms with van der Waals surface area (Å²) in [6.45, 7) is 0. The fourth-order valence-corrected chi connectivity index (χ4v) is 1.62. The zero-order valence-electron chi connectivity index (χ0n) is 10.9. The fourth-order valence-electron chi connectivity index (χ4n) is 1.62. The van der Waals surface area contributed by atoms with Crippen LogP contribution in [-0.4, -0.2) is 17.8 Å². The van der Waals surface area contributed by atoms with Crippen molar-refractivity contribution in [3.05, 3.63) is 69.8 Å². The third-order valence-corrected chi connectivity index (χ3v) is 2.53. The van der Waals surface area contributed by atoms with Crippen molar-refractivity contribution in [3.8, 4) is 0 Å². The Kier molecular flexibility index (Phi) is 5.37. The van der Waals surface area contributed by atoms with Crippen LogP contribution in [0.2, 0.25) is 0 Å². The lowest BCUT2D eigenvalue weighted by atomic mass is 10.0. The Balaban J connectivity index is 0.000000956. The van der Waals surface area contributed by atoms with Gasteiger partial charge in [-0.05, 0) is 13.1 Å². The molecule has 6 nitrogen and oxygen atoms in total. The molecule has 0 spiro atoms. The predicted molar refractivity (Wildman–Crippen MR) is 77.5 cm³/mol. The number of hydrogen-bond acceptors (Lipinski definition) is 5. The Morgan fingerprint density at radius 2 is 1.70 bits per heavy atom. The van der Waals surface area contributed by atoms with Crippen LogP contribution >= 0.6 is 0 Å². The number of ketones is 1. The van der Waals surface area contributed by atoms with Crippen LogP contribution in [0.5, 0.6) is 0 Å². The van der Waals surface area contributed by atoms with Gasteiger partial charge >= 0.3 is 0 Å². The SMILES string of the molecule is CN.Nc1cc([N+](=O)[O-])ccc1C(=O)c1ccccc1. The van der Waals surface area contributed by atoms with Crippen LogP contribution < -0.4 is 11.5 Å². The quantitative estimate of drug-likeness (QED) is 0.384. The Bertz CT molecular complexity index is 612. The summed E-state index contributed by atoms with van der Waals surface area (Å²) in [6.07, 6.45) is 0. The Morgan fingerprint density at radius 3 is 2.20 bits per heavy atom. The van der Waals surface area contributed by atoms with Gasteiger partial charge in [0.25, 0.3) is 5.69 Å². The second-order valence-corrected chi connectivity index (χ2v) is 3.72. The van der Waals surface area contributed by atoms with Crippen LogP contribution in [-0.2, 0) is 0 Å². The van der Waals surface area contributed by atoms with Crippen LogP contribution in [0.4, 0.5) is 11.4 Å². The lowest BCUT2D eigenvalue weighted by Crippen LogP contribution is -2.05.